The molecule has 1 aromatic heterocycles. The maximum Gasteiger partial charge on any atom is 0.308 e. The molecule has 1 heterocycles. The van der Waals surface area contributed by atoms with E-state index < -0.39 is 0 Å². The van der Waals surface area contributed by atoms with Gasteiger partial charge in [0.05, 0.1) is 18.7 Å². The van der Waals surface area contributed by atoms with Crippen molar-refractivity contribution in [2.45, 2.75) is 51.5 Å². The lowest BCUT2D eigenvalue weighted by Gasteiger charge is -2.27. The lowest BCUT2D eigenvalue weighted by molar-refractivity contribution is -0.146. The number of hydrogen-bond donors (Lipinski definition) is 1. The Hall–Kier alpha value is -1.50. The first kappa shape index (κ1) is 15.9. The van der Waals surface area contributed by atoms with Crippen LogP contribution in [-0.2, 0) is 9.53 Å². The van der Waals surface area contributed by atoms with Gasteiger partial charge in [0.2, 0.25) is 0 Å². The quantitative estimate of drug-likeness (QED) is 0.861. The Morgan fingerprint density at radius 1 is 1.29 bits per heavy atom. The van der Waals surface area contributed by atoms with Gasteiger partial charge in [-0.25, -0.2) is 0 Å². The van der Waals surface area contributed by atoms with E-state index in [0.717, 1.165) is 42.9 Å². The zero-order chi connectivity index (χ0) is 15.4. The number of hydrogen-bond acceptors (Lipinski definition) is 6. The van der Waals surface area contributed by atoms with E-state index >= 15 is 0 Å². The summed E-state index contributed by atoms with van der Waals surface area (Å²) in [4.78, 5) is 24.4. The van der Waals surface area contributed by atoms with Crippen molar-refractivity contribution in [3.8, 4) is 0 Å². The summed E-state index contributed by atoms with van der Waals surface area (Å²) >= 11 is 1.14. The van der Waals surface area contributed by atoms with Gasteiger partial charge in [0.25, 0.3) is 5.91 Å². The zero-order valence-corrected chi connectivity index (χ0v) is 13.4. The molecule has 21 heavy (non-hydrogen) atoms. The molecule has 1 amide bonds. The van der Waals surface area contributed by atoms with E-state index in [9.17, 15) is 9.59 Å². The predicted octanol–water partition coefficient (Wildman–Crippen LogP) is 2.12. The Morgan fingerprint density at radius 2 is 1.95 bits per heavy atom. The van der Waals surface area contributed by atoms with Crippen LogP contribution in [0.3, 0.4) is 0 Å². The van der Waals surface area contributed by atoms with Gasteiger partial charge in [-0.15, -0.1) is 5.10 Å². The Morgan fingerprint density at radius 3 is 2.52 bits per heavy atom. The lowest BCUT2D eigenvalue weighted by Crippen LogP contribution is -2.39. The fourth-order valence-corrected chi connectivity index (χ4v) is 3.35. The Balaban J connectivity index is 1.90. The van der Waals surface area contributed by atoms with Gasteiger partial charge in [-0.05, 0) is 43.1 Å². The van der Waals surface area contributed by atoms with Crippen LogP contribution in [-0.4, -0.2) is 34.6 Å². The molecule has 1 fully saturated rings. The Labute approximate surface area is 128 Å². The second-order valence-electron chi connectivity index (χ2n) is 5.69. The van der Waals surface area contributed by atoms with E-state index in [1.54, 1.807) is 0 Å². The lowest BCUT2D eigenvalue weighted by atomic mass is 9.86. The van der Waals surface area contributed by atoms with Crippen LogP contribution in [0.5, 0.6) is 0 Å². The topological polar surface area (TPSA) is 81.2 Å². The monoisotopic (exact) mass is 311 g/mol. The van der Waals surface area contributed by atoms with Gasteiger partial charge in [-0.2, -0.15) is 0 Å². The van der Waals surface area contributed by atoms with Crippen LogP contribution in [0.1, 0.15) is 60.8 Å². The van der Waals surface area contributed by atoms with Crippen LogP contribution < -0.4 is 5.32 Å². The number of amides is 1. The molecule has 1 N–H and O–H groups in total. The molecule has 1 saturated carbocycles. The van der Waals surface area contributed by atoms with Gasteiger partial charge in [-0.3, -0.25) is 9.59 Å². The van der Waals surface area contributed by atoms with E-state index in [4.69, 9.17) is 4.74 Å². The van der Waals surface area contributed by atoms with Crippen molar-refractivity contribution < 1.29 is 14.3 Å². The summed E-state index contributed by atoms with van der Waals surface area (Å²) in [7, 11) is 1.42. The van der Waals surface area contributed by atoms with Crippen molar-refractivity contribution in [3.63, 3.8) is 0 Å². The molecule has 1 aliphatic carbocycles. The van der Waals surface area contributed by atoms with E-state index in [-0.39, 0.29) is 29.8 Å². The number of esters is 1. The molecule has 1 aliphatic rings. The molecular formula is C14H21N3O3S. The first-order chi connectivity index (χ1) is 10.0. The maximum atomic E-state index is 12.3. The van der Waals surface area contributed by atoms with Crippen molar-refractivity contribution in [2.24, 2.45) is 5.92 Å². The van der Waals surface area contributed by atoms with Crippen molar-refractivity contribution in [1.82, 2.24) is 14.9 Å². The summed E-state index contributed by atoms with van der Waals surface area (Å²) in [5.74, 6) is -0.0947. The number of carbonyl (C=O) groups excluding carboxylic acids is 2. The van der Waals surface area contributed by atoms with Crippen LogP contribution in [0.25, 0.3) is 0 Å². The zero-order valence-electron chi connectivity index (χ0n) is 12.6. The fraction of sp³-hybridized carbons (Fsp3) is 0.714. The van der Waals surface area contributed by atoms with E-state index in [1.165, 1.54) is 7.11 Å². The summed E-state index contributed by atoms with van der Waals surface area (Å²) in [6.07, 6.45) is 3.12. The third-order valence-corrected chi connectivity index (χ3v) is 4.60. The minimum atomic E-state index is -0.145. The smallest absolute Gasteiger partial charge is 0.308 e. The minimum Gasteiger partial charge on any atom is -0.469 e. The van der Waals surface area contributed by atoms with Gasteiger partial charge < -0.3 is 10.1 Å². The molecule has 0 bridgehead atoms. The molecule has 1 aromatic rings. The highest BCUT2D eigenvalue weighted by atomic mass is 32.1. The molecule has 0 saturated heterocycles. The molecule has 6 nitrogen and oxygen atoms in total. The average Bonchev–Trinajstić information content (AvgIpc) is 2.97. The van der Waals surface area contributed by atoms with Crippen molar-refractivity contribution in [2.75, 3.05) is 7.11 Å². The van der Waals surface area contributed by atoms with Crippen molar-refractivity contribution in [1.29, 1.82) is 0 Å². The van der Waals surface area contributed by atoms with Crippen molar-refractivity contribution >= 4 is 23.4 Å². The minimum absolute atomic E-state index is 0.0283. The van der Waals surface area contributed by atoms with Gasteiger partial charge in [0, 0.05) is 6.04 Å². The summed E-state index contributed by atoms with van der Waals surface area (Å²) in [6.45, 7) is 3.99. The van der Waals surface area contributed by atoms with Gasteiger partial charge >= 0.3 is 5.97 Å². The maximum absolute atomic E-state index is 12.3. The highest BCUT2D eigenvalue weighted by Crippen LogP contribution is 2.26. The third kappa shape index (κ3) is 3.78. The Kier molecular flexibility index (Phi) is 5.27. The third-order valence-electron chi connectivity index (χ3n) is 3.86. The number of ether oxygens (including phenoxy) is 1. The van der Waals surface area contributed by atoms with Gasteiger partial charge in [-0.1, -0.05) is 18.3 Å². The van der Waals surface area contributed by atoms with E-state index in [2.05, 4.69) is 14.9 Å². The number of carbonyl (C=O) groups is 2. The molecule has 0 unspecified atom stereocenters. The summed E-state index contributed by atoms with van der Waals surface area (Å²) < 4.78 is 8.64. The average molecular weight is 311 g/mol. The van der Waals surface area contributed by atoms with Crippen LogP contribution in [0.4, 0.5) is 0 Å². The summed E-state index contributed by atoms with van der Waals surface area (Å²) in [5.41, 5.74) is 0.751. The van der Waals surface area contributed by atoms with Crippen LogP contribution >= 0.6 is 11.5 Å². The standard InChI is InChI=1S/C14H21N3O3S/c1-8(2)11-12(21-17-16-11)13(18)15-10-6-4-9(5-7-10)14(19)20-3/h8-10H,4-7H2,1-3H3,(H,15,18). The first-order valence-electron chi connectivity index (χ1n) is 7.23. The fourth-order valence-electron chi connectivity index (χ4n) is 2.62. The summed E-state index contributed by atoms with van der Waals surface area (Å²) in [5, 5.41) is 7.06. The number of nitrogens with one attached hydrogen (secondary N) is 1. The van der Waals surface area contributed by atoms with Gasteiger partial charge in [0.15, 0.2) is 0 Å². The largest absolute Gasteiger partial charge is 0.469 e. The molecule has 0 aromatic carbocycles. The van der Waals surface area contributed by atoms with Crippen LogP contribution in [0, 0.1) is 5.92 Å². The highest BCUT2D eigenvalue weighted by Gasteiger charge is 2.29. The molecule has 7 heteroatoms. The molecule has 2 rings (SSSR count). The van der Waals surface area contributed by atoms with Crippen LogP contribution in [0.2, 0.25) is 0 Å². The van der Waals surface area contributed by atoms with E-state index in [0.29, 0.717) is 4.88 Å². The SMILES string of the molecule is COC(=O)C1CCC(NC(=O)c2snnc2C(C)C)CC1. The molecule has 0 atom stereocenters. The number of rotatable bonds is 4. The Bertz CT molecular complexity index is 507. The number of aromatic nitrogens is 2. The number of methoxy groups -OCH3 is 1. The first-order valence-corrected chi connectivity index (χ1v) is 8.01. The van der Waals surface area contributed by atoms with E-state index in [1.807, 2.05) is 13.8 Å². The second kappa shape index (κ2) is 6.98. The molecule has 116 valence electrons. The van der Waals surface area contributed by atoms with Crippen LogP contribution in [0.15, 0.2) is 0 Å². The molecule has 0 aliphatic heterocycles. The predicted molar refractivity (Wildman–Crippen MR) is 79.2 cm³/mol. The number of nitrogens with zero attached hydrogens (tertiary/aromatic N) is 2. The molecule has 0 spiro atoms. The van der Waals surface area contributed by atoms with Gasteiger partial charge in [0.1, 0.15) is 4.88 Å². The molecular weight excluding hydrogens is 290 g/mol. The van der Waals surface area contributed by atoms with Crippen molar-refractivity contribution in [3.05, 3.63) is 10.6 Å². The normalized spacial score (nSPS) is 22.1. The molecule has 0 radical (unpaired) electrons. The summed E-state index contributed by atoms with van der Waals surface area (Å²) in [6, 6.07) is 0.112. The highest BCUT2D eigenvalue weighted by molar-refractivity contribution is 7.08. The second-order valence-corrected chi connectivity index (χ2v) is 6.44.